The van der Waals surface area contributed by atoms with Gasteiger partial charge in [-0.15, -0.1) is 0 Å². The van der Waals surface area contributed by atoms with Gasteiger partial charge in [-0.25, -0.2) is 26.3 Å². The van der Waals surface area contributed by atoms with E-state index in [9.17, 15) is 16.8 Å². The van der Waals surface area contributed by atoms with Crippen molar-refractivity contribution in [3.05, 3.63) is 83.9 Å². The van der Waals surface area contributed by atoms with Crippen molar-refractivity contribution in [3.8, 4) is 0 Å². The minimum Gasteiger partial charge on any atom is -0.368 e. The maximum Gasteiger partial charge on any atom is 0.268 e. The van der Waals surface area contributed by atoms with E-state index in [4.69, 9.17) is 5.14 Å². The Morgan fingerprint density at radius 1 is 0.694 bits per heavy atom. The van der Waals surface area contributed by atoms with Crippen LogP contribution < -0.4 is 20.1 Å². The van der Waals surface area contributed by atoms with Crippen LogP contribution in [-0.4, -0.2) is 54.7 Å². The fraction of sp³-hybridized carbons (Fsp3) is 0.167. The Morgan fingerprint density at radius 3 is 1.58 bits per heavy atom. The molecule has 0 aliphatic carbocycles. The molecule has 0 bridgehead atoms. The summed E-state index contributed by atoms with van der Waals surface area (Å²) in [7, 11) is -8.33. The highest BCUT2D eigenvalue weighted by Crippen LogP contribution is 2.33. The monoisotopic (exact) mass is 524 g/mol. The standard InChI is InChI=1S/C24H24N6O4S2/c25-35(31,32)21-2-1-3-22(16-21)36(33,34)30(19-8-4-17(5-9-19)23-26-12-13-27-23)20-10-6-18(7-11-20)24-28-14-15-29-24/h1-11,16H,12-15H2,(H,26,27)(H,28,29)(H2,25,31,32). The van der Waals surface area contributed by atoms with Crippen LogP contribution in [0.3, 0.4) is 0 Å². The quantitative estimate of drug-likeness (QED) is 0.428. The molecule has 2 heterocycles. The predicted octanol–water partition coefficient (Wildman–Crippen LogP) is 1.56. The molecule has 5 rings (SSSR count). The van der Waals surface area contributed by atoms with Crippen LogP contribution >= 0.6 is 0 Å². The number of hydrogen-bond donors (Lipinski definition) is 3. The lowest BCUT2D eigenvalue weighted by Crippen LogP contribution is -2.27. The molecule has 10 nitrogen and oxygen atoms in total. The molecule has 36 heavy (non-hydrogen) atoms. The second-order valence-corrected chi connectivity index (χ2v) is 11.5. The van der Waals surface area contributed by atoms with Gasteiger partial charge in [0.25, 0.3) is 10.0 Å². The molecule has 0 aromatic heterocycles. The van der Waals surface area contributed by atoms with E-state index in [-0.39, 0.29) is 9.79 Å². The van der Waals surface area contributed by atoms with E-state index >= 15 is 0 Å². The van der Waals surface area contributed by atoms with Crippen LogP contribution in [0.15, 0.2) is 92.6 Å². The van der Waals surface area contributed by atoms with Crippen molar-refractivity contribution in [1.29, 1.82) is 0 Å². The smallest absolute Gasteiger partial charge is 0.268 e. The van der Waals surface area contributed by atoms with Gasteiger partial charge in [0.05, 0.1) is 34.3 Å². The van der Waals surface area contributed by atoms with Crippen LogP contribution in [-0.2, 0) is 20.0 Å². The predicted molar refractivity (Wildman–Crippen MR) is 139 cm³/mol. The zero-order valence-corrected chi connectivity index (χ0v) is 20.8. The van der Waals surface area contributed by atoms with Crippen molar-refractivity contribution >= 4 is 43.1 Å². The molecule has 0 unspecified atom stereocenters. The SMILES string of the molecule is NS(=O)(=O)c1cccc(S(=O)(=O)N(c2ccc(C3=NCCN3)cc2)c2ccc(C3=NCCN3)cc2)c1. The number of hydrogen-bond acceptors (Lipinski definition) is 8. The molecule has 0 spiro atoms. The van der Waals surface area contributed by atoms with Gasteiger partial charge in [0.2, 0.25) is 10.0 Å². The topological polar surface area (TPSA) is 146 Å². The number of rotatable bonds is 7. The molecule has 0 radical (unpaired) electrons. The van der Waals surface area contributed by atoms with Crippen molar-refractivity contribution in [1.82, 2.24) is 10.6 Å². The van der Waals surface area contributed by atoms with E-state index in [1.807, 2.05) is 0 Å². The largest absolute Gasteiger partial charge is 0.368 e. The Balaban J connectivity index is 1.60. The molecule has 12 heteroatoms. The second kappa shape index (κ2) is 9.37. The molecule has 186 valence electrons. The zero-order chi connectivity index (χ0) is 25.3. The van der Waals surface area contributed by atoms with Crippen LogP contribution in [0, 0.1) is 0 Å². The van der Waals surface area contributed by atoms with E-state index < -0.39 is 20.0 Å². The third-order valence-corrected chi connectivity index (χ3v) is 8.43. The zero-order valence-electron chi connectivity index (χ0n) is 19.1. The van der Waals surface area contributed by atoms with E-state index in [1.165, 1.54) is 22.5 Å². The molecule has 3 aromatic carbocycles. The highest BCUT2D eigenvalue weighted by atomic mass is 32.2. The van der Waals surface area contributed by atoms with Gasteiger partial charge in [0.1, 0.15) is 11.7 Å². The summed E-state index contributed by atoms with van der Waals surface area (Å²) >= 11 is 0. The Labute approximate surface area is 209 Å². The lowest BCUT2D eigenvalue weighted by Gasteiger charge is -2.25. The molecule has 0 saturated heterocycles. The summed E-state index contributed by atoms with van der Waals surface area (Å²) in [4.78, 5) is 8.32. The highest BCUT2D eigenvalue weighted by molar-refractivity contribution is 7.93. The Kier molecular flexibility index (Phi) is 6.24. The van der Waals surface area contributed by atoms with Crippen LogP contribution in [0.4, 0.5) is 11.4 Å². The van der Waals surface area contributed by atoms with Crippen LogP contribution in [0.1, 0.15) is 11.1 Å². The summed E-state index contributed by atoms with van der Waals surface area (Å²) in [5.74, 6) is 1.51. The molecule has 2 aliphatic heterocycles. The molecule has 0 atom stereocenters. The summed E-state index contributed by atoms with van der Waals surface area (Å²) in [6.07, 6.45) is 0. The first-order chi connectivity index (χ1) is 17.2. The van der Waals surface area contributed by atoms with E-state index in [2.05, 4.69) is 20.6 Å². The molecular formula is C24H24N6O4S2. The van der Waals surface area contributed by atoms with Crippen molar-refractivity contribution in [2.75, 3.05) is 30.5 Å². The number of aliphatic imine (C=N–C) groups is 2. The molecule has 2 aliphatic rings. The van der Waals surface area contributed by atoms with Crippen molar-refractivity contribution in [2.24, 2.45) is 15.1 Å². The molecular weight excluding hydrogens is 500 g/mol. The lowest BCUT2D eigenvalue weighted by molar-refractivity contribution is 0.595. The summed E-state index contributed by atoms with van der Waals surface area (Å²) in [6, 6.07) is 18.9. The number of nitrogens with zero attached hydrogens (tertiary/aromatic N) is 3. The van der Waals surface area contributed by atoms with Gasteiger partial charge in [-0.1, -0.05) is 6.07 Å². The van der Waals surface area contributed by atoms with Crippen molar-refractivity contribution in [2.45, 2.75) is 9.79 Å². The summed E-state index contributed by atoms with van der Waals surface area (Å²) < 4.78 is 52.8. The van der Waals surface area contributed by atoms with Gasteiger partial charge in [0.15, 0.2) is 0 Å². The van der Waals surface area contributed by atoms with Crippen LogP contribution in [0.25, 0.3) is 0 Å². The summed E-state index contributed by atoms with van der Waals surface area (Å²) in [6.45, 7) is 2.88. The normalized spacial score (nSPS) is 15.6. The van der Waals surface area contributed by atoms with Crippen LogP contribution in [0.2, 0.25) is 0 Å². The number of anilines is 2. The van der Waals surface area contributed by atoms with Crippen molar-refractivity contribution in [3.63, 3.8) is 0 Å². The summed E-state index contributed by atoms with van der Waals surface area (Å²) in [5.41, 5.74) is 2.43. The second-order valence-electron chi connectivity index (χ2n) is 8.20. The number of primary sulfonamides is 1. The molecule has 4 N–H and O–H groups in total. The van der Waals surface area contributed by atoms with E-state index in [0.717, 1.165) is 42.0 Å². The highest BCUT2D eigenvalue weighted by Gasteiger charge is 2.28. The van der Waals surface area contributed by atoms with Gasteiger partial charge in [-0.2, -0.15) is 0 Å². The average molecular weight is 525 g/mol. The lowest BCUT2D eigenvalue weighted by atomic mass is 10.1. The fourth-order valence-corrected chi connectivity index (χ4v) is 6.21. The number of amidine groups is 2. The maximum absolute atomic E-state index is 13.9. The van der Waals surface area contributed by atoms with Gasteiger partial charge in [0, 0.05) is 24.2 Å². The third-order valence-electron chi connectivity index (χ3n) is 5.77. The first-order valence-corrected chi connectivity index (χ1v) is 14.2. The molecule has 0 saturated carbocycles. The van der Waals surface area contributed by atoms with Gasteiger partial charge in [-0.05, 0) is 66.7 Å². The molecule has 3 aromatic rings. The first-order valence-electron chi connectivity index (χ1n) is 11.2. The fourth-order valence-electron chi connectivity index (χ4n) is 4.04. The summed E-state index contributed by atoms with van der Waals surface area (Å²) in [5, 5.41) is 11.6. The molecule has 0 amide bonds. The number of nitrogens with two attached hydrogens (primary N) is 1. The Morgan fingerprint density at radius 2 is 1.17 bits per heavy atom. The van der Waals surface area contributed by atoms with Crippen molar-refractivity contribution < 1.29 is 16.8 Å². The number of benzene rings is 3. The molecule has 0 fully saturated rings. The Hall–Kier alpha value is -3.74. The first kappa shape index (κ1) is 24.0. The number of nitrogens with one attached hydrogen (secondary N) is 2. The number of sulfonamides is 2. The van der Waals surface area contributed by atoms with E-state index in [1.54, 1.807) is 48.5 Å². The average Bonchev–Trinajstić information content (AvgIpc) is 3.60. The van der Waals surface area contributed by atoms with Gasteiger partial charge >= 0.3 is 0 Å². The minimum atomic E-state index is -4.23. The third kappa shape index (κ3) is 4.70. The maximum atomic E-state index is 13.9. The Bertz CT molecular complexity index is 1500. The van der Waals surface area contributed by atoms with Gasteiger partial charge in [-0.3, -0.25) is 9.98 Å². The minimum absolute atomic E-state index is 0.203. The van der Waals surface area contributed by atoms with Gasteiger partial charge < -0.3 is 10.6 Å². The van der Waals surface area contributed by atoms with E-state index in [0.29, 0.717) is 24.5 Å². The van der Waals surface area contributed by atoms with Crippen LogP contribution in [0.5, 0.6) is 0 Å².